The highest BCUT2D eigenvalue weighted by Crippen LogP contribution is 2.39. The first-order valence-electron chi connectivity index (χ1n) is 13.5. The molecular weight excluding hydrogens is 523 g/mol. The Kier molecular flexibility index (Phi) is 8.98. The number of ether oxygens (including phenoxy) is 1. The Labute approximate surface area is 232 Å². The molecule has 0 aromatic heterocycles. The second kappa shape index (κ2) is 12.2. The molecule has 1 saturated heterocycles. The van der Waals surface area contributed by atoms with Gasteiger partial charge in [0.25, 0.3) is 5.91 Å². The molecule has 10 heteroatoms. The number of nitrogens with zero attached hydrogens (tertiary/aromatic N) is 3. The predicted molar refractivity (Wildman–Crippen MR) is 143 cm³/mol. The van der Waals surface area contributed by atoms with E-state index in [0.29, 0.717) is 29.9 Å². The number of hydrogen-bond acceptors (Lipinski definition) is 5. The number of carbonyl (C=O) groups excluding carboxylic acids is 3. The average molecular weight is 558 g/mol. The van der Waals surface area contributed by atoms with Crippen molar-refractivity contribution in [2.24, 2.45) is 0 Å². The van der Waals surface area contributed by atoms with E-state index in [1.165, 1.54) is 17.0 Å². The summed E-state index contributed by atoms with van der Waals surface area (Å²) in [5.74, 6) is -1.62. The third-order valence-corrected chi connectivity index (χ3v) is 7.61. The number of esters is 1. The lowest BCUT2D eigenvalue weighted by Gasteiger charge is -2.35. The number of halogens is 3. The molecule has 2 aromatic rings. The predicted octanol–water partition coefficient (Wildman–Crippen LogP) is 4.84. The zero-order valence-electron chi connectivity index (χ0n) is 23.0. The summed E-state index contributed by atoms with van der Waals surface area (Å²) < 4.78 is 44.5. The van der Waals surface area contributed by atoms with Gasteiger partial charge in [-0.05, 0) is 55.8 Å². The summed E-state index contributed by atoms with van der Waals surface area (Å²) >= 11 is 0. The van der Waals surface area contributed by atoms with E-state index in [4.69, 9.17) is 4.74 Å². The molecule has 0 N–H and O–H groups in total. The fourth-order valence-electron chi connectivity index (χ4n) is 5.25. The molecule has 1 unspecified atom stereocenters. The number of alkyl halides is 3. The summed E-state index contributed by atoms with van der Waals surface area (Å²) in [5, 5.41) is 0. The molecule has 2 aromatic carbocycles. The van der Waals surface area contributed by atoms with Gasteiger partial charge >= 0.3 is 12.1 Å². The standard InChI is InChI=1S/C30H34F3N3O4/c1-4-34-14-16-35(17-15-34)28(38)23-8-6-21(7-9-23)19-36-20(3)27(29(39)40-5-2)25(18-26(36)37)22-10-12-24(13-11-22)30(31,32)33/h6-13,25H,4-5,14-19H2,1-3H3. The van der Waals surface area contributed by atoms with Crippen LogP contribution in [0.5, 0.6) is 0 Å². The second-order valence-electron chi connectivity index (χ2n) is 10.00. The number of rotatable bonds is 7. The van der Waals surface area contributed by atoms with E-state index in [9.17, 15) is 27.6 Å². The molecule has 40 heavy (non-hydrogen) atoms. The number of allylic oxidation sites excluding steroid dienone is 1. The lowest BCUT2D eigenvalue weighted by Crippen LogP contribution is -2.48. The quantitative estimate of drug-likeness (QED) is 0.456. The van der Waals surface area contributed by atoms with E-state index < -0.39 is 23.6 Å². The molecule has 0 aliphatic carbocycles. The van der Waals surface area contributed by atoms with Crippen LogP contribution in [0.4, 0.5) is 13.2 Å². The zero-order valence-corrected chi connectivity index (χ0v) is 23.0. The monoisotopic (exact) mass is 557 g/mol. The average Bonchev–Trinajstić information content (AvgIpc) is 2.94. The molecule has 2 heterocycles. The van der Waals surface area contributed by atoms with Crippen LogP contribution in [0.3, 0.4) is 0 Å². The van der Waals surface area contributed by atoms with E-state index in [1.807, 2.05) is 4.90 Å². The smallest absolute Gasteiger partial charge is 0.416 e. The molecule has 2 aliphatic heterocycles. The van der Waals surface area contributed by atoms with Gasteiger partial charge in [-0.3, -0.25) is 9.59 Å². The highest BCUT2D eigenvalue weighted by atomic mass is 19.4. The van der Waals surface area contributed by atoms with Gasteiger partial charge in [0.1, 0.15) is 0 Å². The number of likely N-dealkylation sites (N-methyl/N-ethyl adjacent to an activating group) is 1. The zero-order chi connectivity index (χ0) is 29.0. The summed E-state index contributed by atoms with van der Waals surface area (Å²) in [6.07, 6.45) is -4.57. The minimum atomic E-state index is -4.49. The Morgan fingerprint density at radius 1 is 0.950 bits per heavy atom. The summed E-state index contributed by atoms with van der Waals surface area (Å²) in [6, 6.07) is 11.6. The SMILES string of the molecule is CCOC(=O)C1=C(C)N(Cc2ccc(C(=O)N3CCN(CC)CC3)cc2)C(=O)CC1c1ccc(C(F)(F)F)cc1. The van der Waals surface area contributed by atoms with Crippen molar-refractivity contribution in [2.45, 2.75) is 45.8 Å². The molecule has 2 amide bonds. The first-order chi connectivity index (χ1) is 19.0. The van der Waals surface area contributed by atoms with Crippen molar-refractivity contribution in [3.05, 3.63) is 82.1 Å². The largest absolute Gasteiger partial charge is 0.463 e. The summed E-state index contributed by atoms with van der Waals surface area (Å²) in [5.41, 5.74) is 1.62. The van der Waals surface area contributed by atoms with Crippen molar-refractivity contribution in [1.29, 1.82) is 0 Å². The molecule has 1 atom stereocenters. The topological polar surface area (TPSA) is 70.2 Å². The van der Waals surface area contributed by atoms with E-state index in [-0.39, 0.29) is 37.0 Å². The van der Waals surface area contributed by atoms with Gasteiger partial charge in [0.05, 0.1) is 24.3 Å². The Bertz CT molecular complexity index is 1260. The Morgan fingerprint density at radius 3 is 2.12 bits per heavy atom. The van der Waals surface area contributed by atoms with Gasteiger partial charge in [-0.2, -0.15) is 13.2 Å². The van der Waals surface area contributed by atoms with Crippen molar-refractivity contribution in [3.8, 4) is 0 Å². The Hall–Kier alpha value is -3.66. The maximum absolute atomic E-state index is 13.3. The van der Waals surface area contributed by atoms with Crippen LogP contribution in [0.15, 0.2) is 59.8 Å². The van der Waals surface area contributed by atoms with Gasteiger partial charge in [-0.15, -0.1) is 0 Å². The van der Waals surface area contributed by atoms with E-state index in [1.54, 1.807) is 38.1 Å². The lowest BCUT2D eigenvalue weighted by atomic mass is 9.83. The third kappa shape index (κ3) is 6.38. The molecule has 7 nitrogen and oxygen atoms in total. The molecule has 0 radical (unpaired) electrons. The van der Waals surface area contributed by atoms with Gasteiger partial charge < -0.3 is 19.4 Å². The van der Waals surface area contributed by atoms with Crippen molar-refractivity contribution in [1.82, 2.24) is 14.7 Å². The van der Waals surface area contributed by atoms with Gasteiger partial charge in [-0.1, -0.05) is 31.2 Å². The lowest BCUT2D eigenvalue weighted by molar-refractivity contribution is -0.140. The molecular formula is C30H34F3N3O4. The van der Waals surface area contributed by atoms with Gasteiger partial charge in [-0.25, -0.2) is 4.79 Å². The summed E-state index contributed by atoms with van der Waals surface area (Å²) in [6.45, 7) is 9.72. The summed E-state index contributed by atoms with van der Waals surface area (Å²) in [7, 11) is 0. The van der Waals surface area contributed by atoms with E-state index in [0.717, 1.165) is 37.3 Å². The second-order valence-corrected chi connectivity index (χ2v) is 10.00. The molecule has 2 aliphatic rings. The molecule has 1 fully saturated rings. The van der Waals surface area contributed by atoms with Crippen molar-refractivity contribution >= 4 is 17.8 Å². The van der Waals surface area contributed by atoms with Gasteiger partial charge in [0.15, 0.2) is 0 Å². The van der Waals surface area contributed by atoms with Crippen LogP contribution in [-0.4, -0.2) is 71.8 Å². The molecule has 214 valence electrons. The molecule has 0 spiro atoms. The Morgan fingerprint density at radius 2 is 1.57 bits per heavy atom. The van der Waals surface area contributed by atoms with Crippen LogP contribution in [0.1, 0.15) is 60.2 Å². The van der Waals surface area contributed by atoms with Crippen LogP contribution in [0.2, 0.25) is 0 Å². The highest BCUT2D eigenvalue weighted by molar-refractivity contribution is 5.96. The van der Waals surface area contributed by atoms with Crippen molar-refractivity contribution in [2.75, 3.05) is 39.3 Å². The molecule has 4 rings (SSSR count). The van der Waals surface area contributed by atoms with Crippen LogP contribution in [0.25, 0.3) is 0 Å². The van der Waals surface area contributed by atoms with Gasteiger partial charge in [0, 0.05) is 49.8 Å². The minimum absolute atomic E-state index is 0.0311. The maximum atomic E-state index is 13.3. The van der Waals surface area contributed by atoms with E-state index in [2.05, 4.69) is 11.8 Å². The van der Waals surface area contributed by atoms with Crippen LogP contribution >= 0.6 is 0 Å². The van der Waals surface area contributed by atoms with Crippen molar-refractivity contribution < 1.29 is 32.3 Å². The fourth-order valence-corrected chi connectivity index (χ4v) is 5.25. The molecule has 0 saturated carbocycles. The number of piperazine rings is 1. The number of hydrogen-bond donors (Lipinski definition) is 0. The Balaban J connectivity index is 1.55. The number of carbonyl (C=O) groups is 3. The minimum Gasteiger partial charge on any atom is -0.463 e. The van der Waals surface area contributed by atoms with Gasteiger partial charge in [0.2, 0.25) is 5.91 Å². The van der Waals surface area contributed by atoms with Crippen molar-refractivity contribution in [3.63, 3.8) is 0 Å². The summed E-state index contributed by atoms with van der Waals surface area (Å²) in [4.78, 5) is 44.8. The number of amides is 2. The maximum Gasteiger partial charge on any atom is 0.416 e. The third-order valence-electron chi connectivity index (χ3n) is 7.61. The van der Waals surface area contributed by atoms with Crippen LogP contribution < -0.4 is 0 Å². The normalized spacial score (nSPS) is 18.8. The highest BCUT2D eigenvalue weighted by Gasteiger charge is 2.38. The van der Waals surface area contributed by atoms with Crippen LogP contribution in [0, 0.1) is 0 Å². The first kappa shape index (κ1) is 29.3. The van der Waals surface area contributed by atoms with E-state index >= 15 is 0 Å². The molecule has 0 bridgehead atoms. The first-order valence-corrected chi connectivity index (χ1v) is 13.5. The fraction of sp³-hybridized carbons (Fsp3) is 0.433. The number of benzene rings is 2. The van der Waals surface area contributed by atoms with Crippen LogP contribution in [-0.2, 0) is 27.0 Å².